The molecule has 98 valence electrons. The Morgan fingerprint density at radius 1 is 1.33 bits per heavy atom. The maximum absolute atomic E-state index is 11.7. The van der Waals surface area contributed by atoms with Gasteiger partial charge in [0.15, 0.2) is 0 Å². The van der Waals surface area contributed by atoms with E-state index in [-0.39, 0.29) is 0 Å². The Morgan fingerprint density at radius 2 is 1.94 bits per heavy atom. The maximum atomic E-state index is 11.7. The zero-order valence-electron chi connectivity index (χ0n) is 9.07. The molecule has 0 bridgehead atoms. The van der Waals surface area contributed by atoms with Crippen molar-refractivity contribution >= 4 is 18.6 Å². The zero-order chi connectivity index (χ0) is 13.6. The van der Waals surface area contributed by atoms with Crippen molar-refractivity contribution in [2.75, 3.05) is 6.54 Å². The maximum Gasteiger partial charge on any atom is 0.514 e. The van der Waals surface area contributed by atoms with E-state index < -0.39 is 25.9 Å². The first kappa shape index (κ1) is 14.3. The Bertz CT molecular complexity index is 388. The molecule has 0 fully saturated rings. The Labute approximate surface area is 101 Å². The van der Waals surface area contributed by atoms with E-state index in [1.165, 1.54) is 17.4 Å². The molecule has 3 N–H and O–H groups in total. The number of halogens is 3. The van der Waals surface area contributed by atoms with Crippen LogP contribution < -0.4 is 16.3 Å². The van der Waals surface area contributed by atoms with Crippen LogP contribution in [0.2, 0.25) is 0 Å². The summed E-state index contributed by atoms with van der Waals surface area (Å²) in [5.74, 6) is 0. The normalized spacial score (nSPS) is 10.9. The van der Waals surface area contributed by atoms with E-state index >= 15 is 0 Å². The third kappa shape index (κ3) is 5.55. The number of hydroxylamine groups is 1. The lowest BCUT2D eigenvalue weighted by molar-refractivity contribution is -0.123. The van der Waals surface area contributed by atoms with Crippen LogP contribution in [-0.2, 0) is 4.76 Å². The molecule has 1 aromatic carbocycles. The van der Waals surface area contributed by atoms with Crippen molar-refractivity contribution in [1.29, 1.82) is 0 Å². The number of urea groups is 1. The molecular formula is C9H10BF3N2O3. The molecule has 18 heavy (non-hydrogen) atoms. The number of nitrogens with one attached hydrogen (secondary N) is 2. The van der Waals surface area contributed by atoms with Gasteiger partial charge in [-0.3, -0.25) is 4.76 Å². The predicted molar refractivity (Wildman–Crippen MR) is 57.7 cm³/mol. The summed E-state index contributed by atoms with van der Waals surface area (Å²) in [5, 5.41) is 10.9. The van der Waals surface area contributed by atoms with Crippen molar-refractivity contribution in [2.45, 2.75) is 6.18 Å². The van der Waals surface area contributed by atoms with Crippen LogP contribution in [0.1, 0.15) is 0 Å². The van der Waals surface area contributed by atoms with Gasteiger partial charge < -0.3 is 10.3 Å². The number of hydrogen-bond donors (Lipinski definition) is 3. The fourth-order valence-electron chi connectivity index (χ4n) is 1.01. The van der Waals surface area contributed by atoms with E-state index in [4.69, 9.17) is 0 Å². The summed E-state index contributed by atoms with van der Waals surface area (Å²) in [6.07, 6.45) is -4.50. The van der Waals surface area contributed by atoms with E-state index in [2.05, 4.69) is 4.76 Å². The number of carbonyl (C=O) groups excluding carboxylic acids is 1. The van der Waals surface area contributed by atoms with E-state index in [1.54, 1.807) is 23.7 Å². The third-order valence-electron chi connectivity index (χ3n) is 1.80. The summed E-state index contributed by atoms with van der Waals surface area (Å²) in [6.45, 7) is -1.48. The minimum absolute atomic E-state index is 0.355. The molecule has 0 unspecified atom stereocenters. The molecule has 9 heteroatoms. The van der Waals surface area contributed by atoms with Crippen LogP contribution >= 0.6 is 0 Å². The van der Waals surface area contributed by atoms with Gasteiger partial charge in [-0.1, -0.05) is 30.3 Å². The van der Waals surface area contributed by atoms with Gasteiger partial charge in [-0.05, 0) is 5.46 Å². The second-order valence-corrected chi connectivity index (χ2v) is 3.28. The van der Waals surface area contributed by atoms with Gasteiger partial charge in [0.25, 0.3) is 0 Å². The van der Waals surface area contributed by atoms with Crippen molar-refractivity contribution in [3.8, 4) is 0 Å². The number of hydrogen-bond acceptors (Lipinski definition) is 3. The molecule has 0 aliphatic rings. The second kappa shape index (κ2) is 6.27. The van der Waals surface area contributed by atoms with Crippen LogP contribution in [0.3, 0.4) is 0 Å². The average molecular weight is 262 g/mol. The highest BCUT2D eigenvalue weighted by molar-refractivity contribution is 6.59. The largest absolute Gasteiger partial charge is 0.514 e. The summed E-state index contributed by atoms with van der Waals surface area (Å²) >= 11 is 0. The first-order valence-electron chi connectivity index (χ1n) is 4.88. The molecule has 0 aliphatic carbocycles. The topological polar surface area (TPSA) is 70.6 Å². The quantitative estimate of drug-likeness (QED) is 0.535. The first-order chi connectivity index (χ1) is 8.38. The van der Waals surface area contributed by atoms with Gasteiger partial charge in [-0.15, -0.1) is 0 Å². The molecule has 5 nitrogen and oxygen atoms in total. The average Bonchev–Trinajstić information content (AvgIpc) is 2.33. The summed E-state index contributed by atoms with van der Waals surface area (Å²) in [4.78, 5) is 10.9. The number of alkyl halides is 3. The Balaban J connectivity index is 2.31. The van der Waals surface area contributed by atoms with Crippen molar-refractivity contribution in [3.05, 3.63) is 30.3 Å². The molecule has 2 amide bonds. The summed E-state index contributed by atoms with van der Waals surface area (Å²) in [5.41, 5.74) is 2.01. The summed E-state index contributed by atoms with van der Waals surface area (Å²) in [7, 11) is -1.46. The molecule has 0 atom stereocenters. The number of carbonyl (C=O) groups is 1. The molecule has 0 radical (unpaired) electrons. The lowest BCUT2D eigenvalue weighted by Gasteiger charge is -2.11. The Kier molecular flexibility index (Phi) is 4.99. The highest BCUT2D eigenvalue weighted by Gasteiger charge is 2.28. The number of amides is 2. The number of benzene rings is 1. The smallest absolute Gasteiger partial charge is 0.422 e. The third-order valence-corrected chi connectivity index (χ3v) is 1.80. The van der Waals surface area contributed by atoms with Crippen LogP contribution in [0, 0.1) is 0 Å². The summed E-state index contributed by atoms with van der Waals surface area (Å²) in [6, 6.07) is 6.83. The van der Waals surface area contributed by atoms with E-state index in [1.807, 2.05) is 0 Å². The number of rotatable bonds is 4. The van der Waals surface area contributed by atoms with Gasteiger partial charge in [0, 0.05) is 0 Å². The van der Waals surface area contributed by atoms with E-state index in [9.17, 15) is 23.0 Å². The van der Waals surface area contributed by atoms with Crippen LogP contribution in [-0.4, -0.2) is 30.9 Å². The molecule has 0 aromatic heterocycles. The van der Waals surface area contributed by atoms with E-state index in [0.717, 1.165) is 0 Å². The molecule has 0 heterocycles. The van der Waals surface area contributed by atoms with E-state index in [0.29, 0.717) is 5.46 Å². The molecule has 1 aromatic rings. The van der Waals surface area contributed by atoms with Crippen LogP contribution in [0.4, 0.5) is 18.0 Å². The van der Waals surface area contributed by atoms with Gasteiger partial charge >= 0.3 is 19.3 Å². The Morgan fingerprint density at radius 3 is 2.50 bits per heavy atom. The molecule has 0 saturated heterocycles. The van der Waals surface area contributed by atoms with Gasteiger partial charge in [-0.25, -0.2) is 10.3 Å². The standard InChI is InChI=1S/C9H10BF3N2O3/c11-9(12,13)6-14-8(16)15-18-10(17)7-4-2-1-3-5-7/h1-5,17H,6H2,(H2,14,15,16). The molecule has 0 aliphatic heterocycles. The SMILES string of the molecule is O=C(NCC(F)(F)F)NOB(O)c1ccccc1. The zero-order valence-corrected chi connectivity index (χ0v) is 9.07. The minimum Gasteiger partial charge on any atom is -0.422 e. The highest BCUT2D eigenvalue weighted by atomic mass is 19.4. The summed E-state index contributed by atoms with van der Waals surface area (Å²) < 4.78 is 39.7. The fraction of sp³-hybridized carbons (Fsp3) is 0.222. The second-order valence-electron chi connectivity index (χ2n) is 3.28. The molecule has 1 rings (SSSR count). The van der Waals surface area contributed by atoms with Crippen molar-refractivity contribution in [1.82, 2.24) is 10.8 Å². The minimum atomic E-state index is -4.50. The van der Waals surface area contributed by atoms with Gasteiger partial charge in [0.2, 0.25) is 0 Å². The van der Waals surface area contributed by atoms with Crippen molar-refractivity contribution in [2.24, 2.45) is 0 Å². The van der Waals surface area contributed by atoms with Crippen molar-refractivity contribution < 1.29 is 27.7 Å². The van der Waals surface area contributed by atoms with Crippen LogP contribution in [0.5, 0.6) is 0 Å². The first-order valence-corrected chi connectivity index (χ1v) is 4.88. The van der Waals surface area contributed by atoms with Crippen LogP contribution in [0.15, 0.2) is 30.3 Å². The molecular weight excluding hydrogens is 252 g/mol. The van der Waals surface area contributed by atoms with Crippen molar-refractivity contribution in [3.63, 3.8) is 0 Å². The lowest BCUT2D eigenvalue weighted by atomic mass is 9.80. The van der Waals surface area contributed by atoms with Gasteiger partial charge in [0.1, 0.15) is 6.54 Å². The lowest BCUT2D eigenvalue weighted by Crippen LogP contribution is -2.46. The molecule has 0 saturated carbocycles. The highest BCUT2D eigenvalue weighted by Crippen LogP contribution is 2.11. The van der Waals surface area contributed by atoms with Gasteiger partial charge in [0.05, 0.1) is 0 Å². The predicted octanol–water partition coefficient (Wildman–Crippen LogP) is 0.167. The van der Waals surface area contributed by atoms with Crippen LogP contribution in [0.25, 0.3) is 0 Å². The monoisotopic (exact) mass is 262 g/mol. The fourth-order valence-corrected chi connectivity index (χ4v) is 1.01. The van der Waals surface area contributed by atoms with Gasteiger partial charge in [-0.2, -0.15) is 13.2 Å². The molecule has 0 spiro atoms. The Hall–Kier alpha value is -1.74.